The molecule has 0 radical (unpaired) electrons. The first kappa shape index (κ1) is 33.2. The van der Waals surface area contributed by atoms with Crippen molar-refractivity contribution in [3.05, 3.63) is 24.3 Å². The Hall–Kier alpha value is -1.29. The summed E-state index contributed by atoms with van der Waals surface area (Å²) in [6.45, 7) is 4.49. The van der Waals surface area contributed by atoms with Gasteiger partial charge < -0.3 is 33.9 Å². The molecule has 8 heteroatoms. The highest BCUT2D eigenvalue weighted by molar-refractivity contribution is 5.66. The zero-order valence-corrected chi connectivity index (χ0v) is 24.8. The minimum Gasteiger partial charge on any atom is -0.481 e. The first-order valence-electron chi connectivity index (χ1n) is 15.7. The smallest absolute Gasteiger partial charge is 0.303 e. The van der Waals surface area contributed by atoms with Gasteiger partial charge in [0.1, 0.15) is 0 Å². The predicted molar refractivity (Wildman–Crippen MR) is 154 cm³/mol. The SMILES string of the molecule is COCCCC[C@@H](C)C(/C=C/[C@@H]1[C@@H](C/C=C\CCCC(=O)O)[C@@H](O)C[C@H]1OC1CCCCO1)OC1CCCCO1. The lowest BCUT2D eigenvalue weighted by molar-refractivity contribution is -0.193. The highest BCUT2D eigenvalue weighted by Gasteiger charge is 2.42. The number of carbonyl (C=O) groups is 1. The van der Waals surface area contributed by atoms with E-state index in [0.29, 0.717) is 18.8 Å². The number of carboxylic acids is 1. The van der Waals surface area contributed by atoms with Gasteiger partial charge in [-0.05, 0) is 82.5 Å². The molecule has 3 aliphatic rings. The number of rotatable bonds is 18. The highest BCUT2D eigenvalue weighted by Crippen LogP contribution is 2.40. The number of hydrogen-bond acceptors (Lipinski definition) is 7. The summed E-state index contributed by atoms with van der Waals surface area (Å²) in [5.41, 5.74) is 0. The van der Waals surface area contributed by atoms with E-state index in [9.17, 15) is 9.90 Å². The highest BCUT2D eigenvalue weighted by atomic mass is 16.7. The van der Waals surface area contributed by atoms with Crippen LogP contribution in [0, 0.1) is 17.8 Å². The van der Waals surface area contributed by atoms with E-state index in [1.165, 1.54) is 0 Å². The van der Waals surface area contributed by atoms with Crippen molar-refractivity contribution >= 4 is 5.97 Å². The fraction of sp³-hybridized carbons (Fsp3) is 0.844. The molecule has 3 fully saturated rings. The third-order valence-corrected chi connectivity index (χ3v) is 8.48. The Labute approximate surface area is 241 Å². The van der Waals surface area contributed by atoms with Gasteiger partial charge in [0, 0.05) is 45.7 Å². The van der Waals surface area contributed by atoms with Gasteiger partial charge in [-0.25, -0.2) is 0 Å². The second-order valence-corrected chi connectivity index (χ2v) is 11.8. The second-order valence-electron chi connectivity index (χ2n) is 11.8. The van der Waals surface area contributed by atoms with Crippen LogP contribution in [0.1, 0.15) is 96.8 Å². The summed E-state index contributed by atoms with van der Waals surface area (Å²) >= 11 is 0. The molecule has 0 aromatic heterocycles. The van der Waals surface area contributed by atoms with E-state index in [4.69, 9.17) is 28.8 Å². The van der Waals surface area contributed by atoms with Crippen LogP contribution in [0.5, 0.6) is 0 Å². The number of aliphatic carboxylic acids is 1. The van der Waals surface area contributed by atoms with Crippen molar-refractivity contribution in [1.82, 2.24) is 0 Å². The van der Waals surface area contributed by atoms with Crippen LogP contribution in [-0.4, -0.2) is 74.0 Å². The number of aliphatic hydroxyl groups is 1. The Morgan fingerprint density at radius 3 is 2.45 bits per heavy atom. The number of ether oxygens (including phenoxy) is 5. The van der Waals surface area contributed by atoms with Crippen LogP contribution >= 0.6 is 0 Å². The first-order chi connectivity index (χ1) is 19.5. The van der Waals surface area contributed by atoms with Crippen LogP contribution in [0.4, 0.5) is 0 Å². The third-order valence-electron chi connectivity index (χ3n) is 8.48. The molecule has 3 rings (SSSR count). The topological polar surface area (TPSA) is 104 Å². The molecule has 0 spiro atoms. The van der Waals surface area contributed by atoms with Gasteiger partial charge in [0.2, 0.25) is 0 Å². The molecule has 1 saturated carbocycles. The molecule has 3 unspecified atom stereocenters. The average molecular weight is 567 g/mol. The van der Waals surface area contributed by atoms with E-state index in [-0.39, 0.29) is 43.0 Å². The molecule has 2 N–H and O–H groups in total. The van der Waals surface area contributed by atoms with Crippen molar-refractivity contribution < 1.29 is 38.7 Å². The Morgan fingerprint density at radius 1 is 1.02 bits per heavy atom. The predicted octanol–water partition coefficient (Wildman–Crippen LogP) is 6.02. The second kappa shape index (κ2) is 19.0. The Morgan fingerprint density at radius 2 is 1.77 bits per heavy atom. The zero-order chi connectivity index (χ0) is 28.6. The van der Waals surface area contributed by atoms with Crippen molar-refractivity contribution in [2.75, 3.05) is 26.9 Å². The molecule has 0 bridgehead atoms. The molecular weight excluding hydrogens is 512 g/mol. The van der Waals surface area contributed by atoms with Gasteiger partial charge in [0.25, 0.3) is 0 Å². The quantitative estimate of drug-likeness (QED) is 0.153. The lowest BCUT2D eigenvalue weighted by Gasteiger charge is -2.31. The summed E-state index contributed by atoms with van der Waals surface area (Å²) in [7, 11) is 1.74. The van der Waals surface area contributed by atoms with Gasteiger partial charge >= 0.3 is 5.97 Å². The summed E-state index contributed by atoms with van der Waals surface area (Å²) in [6, 6.07) is 0. The van der Waals surface area contributed by atoms with Gasteiger partial charge in [0.05, 0.1) is 18.3 Å². The minimum atomic E-state index is -0.766. The molecule has 230 valence electrons. The van der Waals surface area contributed by atoms with E-state index >= 15 is 0 Å². The first-order valence-corrected chi connectivity index (χ1v) is 15.7. The normalized spacial score (nSPS) is 31.2. The molecule has 40 heavy (non-hydrogen) atoms. The van der Waals surface area contributed by atoms with E-state index in [2.05, 4.69) is 25.2 Å². The summed E-state index contributed by atoms with van der Waals surface area (Å²) in [6.07, 6.45) is 19.7. The van der Waals surface area contributed by atoms with Gasteiger partial charge in [-0.2, -0.15) is 0 Å². The molecular formula is C32H54O8. The maximum atomic E-state index is 11.1. The van der Waals surface area contributed by atoms with E-state index in [0.717, 1.165) is 90.4 Å². The van der Waals surface area contributed by atoms with Crippen LogP contribution < -0.4 is 0 Å². The fourth-order valence-electron chi connectivity index (χ4n) is 6.06. The summed E-state index contributed by atoms with van der Waals surface area (Å²) in [4.78, 5) is 10.8. The molecule has 0 amide bonds. The summed E-state index contributed by atoms with van der Waals surface area (Å²) in [5, 5.41) is 20.0. The maximum Gasteiger partial charge on any atom is 0.303 e. The van der Waals surface area contributed by atoms with Crippen molar-refractivity contribution in [2.24, 2.45) is 17.8 Å². The Kier molecular flexibility index (Phi) is 15.8. The number of methoxy groups -OCH3 is 1. The van der Waals surface area contributed by atoms with Gasteiger partial charge in [-0.3, -0.25) is 4.79 Å². The molecule has 2 heterocycles. The summed E-state index contributed by atoms with van der Waals surface area (Å²) < 4.78 is 30.1. The Balaban J connectivity index is 1.70. The molecule has 8 atom stereocenters. The van der Waals surface area contributed by atoms with Crippen LogP contribution in [0.15, 0.2) is 24.3 Å². The zero-order valence-electron chi connectivity index (χ0n) is 24.8. The van der Waals surface area contributed by atoms with E-state index in [1.807, 2.05) is 6.08 Å². The van der Waals surface area contributed by atoms with E-state index < -0.39 is 12.1 Å². The monoisotopic (exact) mass is 566 g/mol. The number of carboxylic acid groups (broad SMARTS) is 1. The largest absolute Gasteiger partial charge is 0.481 e. The average Bonchev–Trinajstić information content (AvgIpc) is 3.24. The van der Waals surface area contributed by atoms with Gasteiger partial charge in [-0.1, -0.05) is 37.6 Å². The van der Waals surface area contributed by atoms with Crippen LogP contribution in [0.2, 0.25) is 0 Å². The number of aliphatic hydroxyl groups excluding tert-OH is 1. The van der Waals surface area contributed by atoms with Crippen molar-refractivity contribution in [3.8, 4) is 0 Å². The lowest BCUT2D eigenvalue weighted by atomic mass is 9.88. The number of hydrogen-bond donors (Lipinski definition) is 2. The number of allylic oxidation sites excluding steroid dienone is 2. The number of unbranched alkanes of at least 4 members (excludes halogenated alkanes) is 2. The molecule has 8 nitrogen and oxygen atoms in total. The van der Waals surface area contributed by atoms with Gasteiger partial charge in [0.15, 0.2) is 12.6 Å². The van der Waals surface area contributed by atoms with Crippen molar-refractivity contribution in [1.29, 1.82) is 0 Å². The molecule has 1 aliphatic carbocycles. The fourth-order valence-corrected chi connectivity index (χ4v) is 6.06. The Bertz CT molecular complexity index is 743. The third kappa shape index (κ3) is 11.9. The van der Waals surface area contributed by atoms with Crippen LogP contribution in [-0.2, 0) is 28.5 Å². The lowest BCUT2D eigenvalue weighted by Crippen LogP contribution is -2.32. The van der Waals surface area contributed by atoms with Gasteiger partial charge in [-0.15, -0.1) is 0 Å². The standard InChI is InChI=1S/C32H54O8/c1-24(13-7-10-20-36-2)28(39-31-16-8-11-21-37-31)19-18-26-25(14-5-3-4-6-15-30(34)35)27(33)23-29(26)40-32-17-9-12-22-38-32/h3,5,18-19,24-29,31-33H,4,6-17,20-23H2,1-2H3,(H,34,35)/b5-3-,19-18+/t24-,25-,26-,27+,28?,29-,31?,32?/m1/s1. The summed E-state index contributed by atoms with van der Waals surface area (Å²) in [5.74, 6) is -0.399. The minimum absolute atomic E-state index is 0.0177. The molecule has 0 aromatic carbocycles. The maximum absolute atomic E-state index is 11.1. The van der Waals surface area contributed by atoms with Crippen LogP contribution in [0.25, 0.3) is 0 Å². The van der Waals surface area contributed by atoms with Crippen molar-refractivity contribution in [2.45, 2.75) is 128 Å². The molecule has 0 aromatic rings. The van der Waals surface area contributed by atoms with Crippen molar-refractivity contribution in [3.63, 3.8) is 0 Å². The molecule has 2 saturated heterocycles. The molecule has 2 aliphatic heterocycles. The van der Waals surface area contributed by atoms with Crippen LogP contribution in [0.3, 0.4) is 0 Å². The van der Waals surface area contributed by atoms with E-state index in [1.54, 1.807) is 7.11 Å².